The predicted octanol–water partition coefficient (Wildman–Crippen LogP) is 1.23. The fraction of sp³-hybridized carbons (Fsp3) is 0.833. The van der Waals surface area contributed by atoms with Gasteiger partial charge in [0.1, 0.15) is 0 Å². The van der Waals surface area contributed by atoms with Crippen molar-refractivity contribution >= 4 is 0 Å². The van der Waals surface area contributed by atoms with Crippen molar-refractivity contribution in [2.24, 2.45) is 5.92 Å². The highest BCUT2D eigenvalue weighted by molar-refractivity contribution is 4.68. The Kier molecular flexibility index (Phi) is 4.10. The summed E-state index contributed by atoms with van der Waals surface area (Å²) in [4.78, 5) is 0. The molecule has 0 aliphatic heterocycles. The lowest BCUT2D eigenvalue weighted by Crippen LogP contribution is -1.99. The Balaban J connectivity index is 2.83. The van der Waals surface area contributed by atoms with Crippen molar-refractivity contribution < 1.29 is 5.11 Å². The third kappa shape index (κ3) is 3.80. The van der Waals surface area contributed by atoms with Gasteiger partial charge in [0.15, 0.2) is 0 Å². The van der Waals surface area contributed by atoms with E-state index in [-0.39, 0.29) is 6.61 Å². The molecule has 0 amide bonds. The first-order valence-corrected chi connectivity index (χ1v) is 2.75. The van der Waals surface area contributed by atoms with Gasteiger partial charge in [-0.05, 0) is 12.3 Å². The molecular weight excluding hydrogens is 88.1 g/mol. The van der Waals surface area contributed by atoms with Crippen LogP contribution in [0.25, 0.3) is 0 Å². The smallest absolute Gasteiger partial charge is 0.0459 e. The van der Waals surface area contributed by atoms with E-state index >= 15 is 0 Å². The molecule has 0 saturated heterocycles. The zero-order valence-electron chi connectivity index (χ0n) is 5.02. The Morgan fingerprint density at radius 2 is 2.29 bits per heavy atom. The summed E-state index contributed by atoms with van der Waals surface area (Å²) in [6, 6.07) is 0. The standard InChI is InChI=1S/C6H13O/c1-3-4-6(2)5-7/h4,6-7H,3,5H2,1-2H3. The minimum atomic E-state index is 0.286. The average molecular weight is 101 g/mol. The molecule has 0 fully saturated rings. The number of hydrogen-bond donors (Lipinski definition) is 1. The van der Waals surface area contributed by atoms with Crippen molar-refractivity contribution in [1.82, 2.24) is 0 Å². The predicted molar refractivity (Wildman–Crippen MR) is 30.8 cm³/mol. The molecule has 7 heavy (non-hydrogen) atoms. The third-order valence-corrected chi connectivity index (χ3v) is 0.926. The van der Waals surface area contributed by atoms with Gasteiger partial charge in [-0.25, -0.2) is 0 Å². The molecule has 0 aromatic carbocycles. The van der Waals surface area contributed by atoms with Gasteiger partial charge < -0.3 is 5.11 Å². The Morgan fingerprint density at radius 3 is 2.43 bits per heavy atom. The molecule has 1 heteroatoms. The molecular formula is C6H13O. The monoisotopic (exact) mass is 101 g/mol. The molecule has 0 aromatic heterocycles. The van der Waals surface area contributed by atoms with E-state index in [9.17, 15) is 0 Å². The molecule has 0 aliphatic carbocycles. The summed E-state index contributed by atoms with van der Waals surface area (Å²) in [7, 11) is 0. The lowest BCUT2D eigenvalue weighted by atomic mass is 10.1. The largest absolute Gasteiger partial charge is 0.396 e. The van der Waals surface area contributed by atoms with E-state index in [1.54, 1.807) is 0 Å². The van der Waals surface area contributed by atoms with Gasteiger partial charge in [-0.3, -0.25) is 0 Å². The summed E-state index contributed by atoms with van der Waals surface area (Å²) in [5, 5.41) is 8.43. The van der Waals surface area contributed by atoms with Gasteiger partial charge in [-0.1, -0.05) is 20.3 Å². The normalized spacial score (nSPS) is 14.1. The fourth-order valence-electron chi connectivity index (χ4n) is 0.477. The summed E-state index contributed by atoms with van der Waals surface area (Å²) >= 11 is 0. The second-order valence-electron chi connectivity index (χ2n) is 1.80. The second kappa shape index (κ2) is 4.13. The third-order valence-electron chi connectivity index (χ3n) is 0.926. The van der Waals surface area contributed by atoms with E-state index in [1.807, 2.05) is 6.92 Å². The van der Waals surface area contributed by atoms with Gasteiger partial charge in [0.05, 0.1) is 0 Å². The van der Waals surface area contributed by atoms with Crippen LogP contribution in [0.2, 0.25) is 0 Å². The maximum atomic E-state index is 8.43. The zero-order valence-corrected chi connectivity index (χ0v) is 5.02. The minimum Gasteiger partial charge on any atom is -0.396 e. The van der Waals surface area contributed by atoms with E-state index in [2.05, 4.69) is 13.3 Å². The maximum Gasteiger partial charge on any atom is 0.0459 e. The number of aliphatic hydroxyl groups is 1. The van der Waals surface area contributed by atoms with E-state index in [4.69, 9.17) is 5.11 Å². The maximum absolute atomic E-state index is 8.43. The quantitative estimate of drug-likeness (QED) is 0.567. The topological polar surface area (TPSA) is 20.2 Å². The summed E-state index contributed by atoms with van der Waals surface area (Å²) in [5.74, 6) is 0.380. The molecule has 1 unspecified atom stereocenters. The first-order valence-electron chi connectivity index (χ1n) is 2.75. The van der Waals surface area contributed by atoms with Gasteiger partial charge >= 0.3 is 0 Å². The molecule has 43 valence electrons. The first-order chi connectivity index (χ1) is 3.31. The highest BCUT2D eigenvalue weighted by Crippen LogP contribution is 1.99. The van der Waals surface area contributed by atoms with Crippen LogP contribution in [-0.4, -0.2) is 11.7 Å². The first kappa shape index (κ1) is 6.96. The number of aliphatic hydroxyl groups excluding tert-OH is 1. The SMILES string of the molecule is CC[CH]C(C)CO. The molecule has 0 spiro atoms. The molecule has 1 radical (unpaired) electrons. The Labute approximate surface area is 45.4 Å². The minimum absolute atomic E-state index is 0.286. The summed E-state index contributed by atoms with van der Waals surface area (Å²) in [5.41, 5.74) is 0. The van der Waals surface area contributed by atoms with Crippen molar-refractivity contribution in [2.45, 2.75) is 20.3 Å². The summed E-state index contributed by atoms with van der Waals surface area (Å²) in [6.07, 6.45) is 3.15. The summed E-state index contributed by atoms with van der Waals surface area (Å²) in [6.45, 7) is 4.36. The van der Waals surface area contributed by atoms with Gasteiger partial charge in [-0.2, -0.15) is 0 Å². The molecule has 0 saturated carbocycles. The number of rotatable bonds is 3. The van der Waals surface area contributed by atoms with Crippen LogP contribution < -0.4 is 0 Å². The Morgan fingerprint density at radius 1 is 1.71 bits per heavy atom. The van der Waals surface area contributed by atoms with Gasteiger partial charge in [-0.15, -0.1) is 0 Å². The zero-order chi connectivity index (χ0) is 5.70. The van der Waals surface area contributed by atoms with Crippen LogP contribution in [0.15, 0.2) is 0 Å². The van der Waals surface area contributed by atoms with Gasteiger partial charge in [0.2, 0.25) is 0 Å². The van der Waals surface area contributed by atoms with Crippen molar-refractivity contribution in [3.63, 3.8) is 0 Å². The van der Waals surface area contributed by atoms with Crippen LogP contribution in [0.3, 0.4) is 0 Å². The average Bonchev–Trinajstić information content (AvgIpc) is 1.68. The van der Waals surface area contributed by atoms with E-state index in [0.717, 1.165) is 6.42 Å². The molecule has 0 aliphatic rings. The molecule has 1 N–H and O–H groups in total. The van der Waals surface area contributed by atoms with Crippen molar-refractivity contribution in [2.75, 3.05) is 6.61 Å². The van der Waals surface area contributed by atoms with E-state index < -0.39 is 0 Å². The highest BCUT2D eigenvalue weighted by atomic mass is 16.3. The lowest BCUT2D eigenvalue weighted by Gasteiger charge is -2.01. The highest BCUT2D eigenvalue weighted by Gasteiger charge is 1.94. The van der Waals surface area contributed by atoms with E-state index in [1.165, 1.54) is 0 Å². The molecule has 0 heterocycles. The van der Waals surface area contributed by atoms with Crippen LogP contribution in [0, 0.1) is 12.3 Å². The van der Waals surface area contributed by atoms with Gasteiger partial charge in [0, 0.05) is 6.61 Å². The van der Waals surface area contributed by atoms with Crippen molar-refractivity contribution in [3.8, 4) is 0 Å². The molecule has 0 rings (SSSR count). The Hall–Kier alpha value is -0.0400. The van der Waals surface area contributed by atoms with Crippen LogP contribution in [0.1, 0.15) is 20.3 Å². The van der Waals surface area contributed by atoms with E-state index in [0.29, 0.717) is 5.92 Å². The van der Waals surface area contributed by atoms with Crippen molar-refractivity contribution in [3.05, 3.63) is 6.42 Å². The molecule has 0 bridgehead atoms. The second-order valence-corrected chi connectivity index (χ2v) is 1.80. The fourth-order valence-corrected chi connectivity index (χ4v) is 0.477. The lowest BCUT2D eigenvalue weighted by molar-refractivity contribution is 0.252. The van der Waals surface area contributed by atoms with Crippen LogP contribution in [0.5, 0.6) is 0 Å². The van der Waals surface area contributed by atoms with Crippen LogP contribution in [0.4, 0.5) is 0 Å². The Bertz CT molecular complexity index is 35.2. The van der Waals surface area contributed by atoms with Crippen LogP contribution in [-0.2, 0) is 0 Å². The van der Waals surface area contributed by atoms with Crippen molar-refractivity contribution in [1.29, 1.82) is 0 Å². The van der Waals surface area contributed by atoms with Gasteiger partial charge in [0.25, 0.3) is 0 Å². The summed E-state index contributed by atoms with van der Waals surface area (Å²) < 4.78 is 0. The molecule has 1 atom stereocenters. The number of hydrogen-bond acceptors (Lipinski definition) is 1. The van der Waals surface area contributed by atoms with Crippen LogP contribution >= 0.6 is 0 Å². The molecule has 0 aromatic rings. The molecule has 1 nitrogen and oxygen atoms in total.